The van der Waals surface area contributed by atoms with Gasteiger partial charge in [0.1, 0.15) is 11.5 Å². The predicted octanol–water partition coefficient (Wildman–Crippen LogP) is 2.92. The molecule has 1 aliphatic rings. The number of rotatable bonds is 1. The Bertz CT molecular complexity index is 677. The molecule has 1 amide bonds. The van der Waals surface area contributed by atoms with Gasteiger partial charge >= 0.3 is 0 Å². The first-order valence-corrected chi connectivity index (χ1v) is 5.88. The summed E-state index contributed by atoms with van der Waals surface area (Å²) in [5.74, 6) is -0.468. The number of nitrogens with zero attached hydrogens (tertiary/aromatic N) is 2. The summed E-state index contributed by atoms with van der Waals surface area (Å²) in [6, 6.07) is 13.2. The minimum atomic E-state index is -0.320. The largest absolute Gasteiger partial charge is 0.309 e. The molecule has 0 atom stereocenters. The Balaban J connectivity index is 2.10. The van der Waals surface area contributed by atoms with Gasteiger partial charge in [0.25, 0.3) is 5.91 Å². The Kier molecular flexibility index (Phi) is 2.63. The van der Waals surface area contributed by atoms with Gasteiger partial charge in [0, 0.05) is 12.6 Å². The van der Waals surface area contributed by atoms with E-state index in [4.69, 9.17) is 0 Å². The number of hydrogen-bond donors (Lipinski definition) is 0. The molecule has 0 fully saturated rings. The molecular formula is C15H11FN2O. The molecule has 0 N–H and O–H groups in total. The van der Waals surface area contributed by atoms with Crippen LogP contribution in [0.4, 0.5) is 15.8 Å². The molecule has 94 valence electrons. The number of halogens is 1. The Morgan fingerprint density at radius 2 is 1.74 bits per heavy atom. The van der Waals surface area contributed by atoms with E-state index in [9.17, 15) is 9.18 Å². The SMILES string of the molecule is CN1C(=O)C(=Nc2ccc(F)cc2)c2ccccc21. The lowest BCUT2D eigenvalue weighted by Crippen LogP contribution is -2.25. The summed E-state index contributed by atoms with van der Waals surface area (Å²) >= 11 is 0. The third-order valence-corrected chi connectivity index (χ3v) is 3.10. The van der Waals surface area contributed by atoms with Gasteiger partial charge in [0.05, 0.1) is 11.4 Å². The van der Waals surface area contributed by atoms with Crippen LogP contribution in [0.2, 0.25) is 0 Å². The number of carbonyl (C=O) groups excluding carboxylic acids is 1. The Morgan fingerprint density at radius 1 is 1.05 bits per heavy atom. The minimum Gasteiger partial charge on any atom is -0.309 e. The molecular weight excluding hydrogens is 243 g/mol. The summed E-state index contributed by atoms with van der Waals surface area (Å²) in [6.45, 7) is 0. The molecule has 0 aromatic heterocycles. The fourth-order valence-corrected chi connectivity index (χ4v) is 2.10. The number of para-hydroxylation sites is 1. The molecule has 2 aromatic carbocycles. The van der Waals surface area contributed by atoms with E-state index in [1.54, 1.807) is 24.1 Å². The maximum Gasteiger partial charge on any atom is 0.277 e. The van der Waals surface area contributed by atoms with Crippen molar-refractivity contribution in [2.45, 2.75) is 0 Å². The molecule has 2 aromatic rings. The minimum absolute atomic E-state index is 0.148. The van der Waals surface area contributed by atoms with Gasteiger partial charge in [0.2, 0.25) is 0 Å². The monoisotopic (exact) mass is 254 g/mol. The average Bonchev–Trinajstić information content (AvgIpc) is 2.67. The summed E-state index contributed by atoms with van der Waals surface area (Å²) in [4.78, 5) is 18.1. The van der Waals surface area contributed by atoms with Crippen LogP contribution in [0.15, 0.2) is 53.5 Å². The van der Waals surface area contributed by atoms with Gasteiger partial charge in [-0.15, -0.1) is 0 Å². The van der Waals surface area contributed by atoms with E-state index in [-0.39, 0.29) is 11.7 Å². The highest BCUT2D eigenvalue weighted by Gasteiger charge is 2.30. The van der Waals surface area contributed by atoms with E-state index < -0.39 is 0 Å². The molecule has 19 heavy (non-hydrogen) atoms. The van der Waals surface area contributed by atoms with E-state index in [0.717, 1.165) is 11.3 Å². The van der Waals surface area contributed by atoms with Gasteiger partial charge in [-0.3, -0.25) is 4.79 Å². The Labute approximate surface area is 110 Å². The molecule has 0 aliphatic carbocycles. The fraction of sp³-hybridized carbons (Fsp3) is 0.0667. The second-order valence-electron chi connectivity index (χ2n) is 4.32. The van der Waals surface area contributed by atoms with Crippen LogP contribution in [0, 0.1) is 5.82 Å². The zero-order valence-corrected chi connectivity index (χ0v) is 10.3. The molecule has 0 spiro atoms. The van der Waals surface area contributed by atoms with Crippen LogP contribution in [0.25, 0.3) is 0 Å². The highest BCUT2D eigenvalue weighted by molar-refractivity contribution is 6.54. The third kappa shape index (κ3) is 1.91. The van der Waals surface area contributed by atoms with Crippen molar-refractivity contribution >= 4 is 23.0 Å². The molecule has 1 aliphatic heterocycles. The second kappa shape index (κ2) is 4.31. The molecule has 3 rings (SSSR count). The van der Waals surface area contributed by atoms with E-state index in [1.807, 2.05) is 24.3 Å². The van der Waals surface area contributed by atoms with E-state index in [0.29, 0.717) is 11.4 Å². The number of fused-ring (bicyclic) bond motifs is 1. The normalized spacial score (nSPS) is 16.0. The van der Waals surface area contributed by atoms with Gasteiger partial charge in [-0.1, -0.05) is 18.2 Å². The number of amides is 1. The molecule has 3 nitrogen and oxygen atoms in total. The van der Waals surface area contributed by atoms with Crippen LogP contribution in [0.1, 0.15) is 5.56 Å². The van der Waals surface area contributed by atoms with E-state index in [1.165, 1.54) is 12.1 Å². The number of benzene rings is 2. The Morgan fingerprint density at radius 3 is 2.47 bits per heavy atom. The first-order valence-electron chi connectivity index (χ1n) is 5.88. The smallest absolute Gasteiger partial charge is 0.277 e. The molecule has 0 radical (unpaired) electrons. The first-order chi connectivity index (χ1) is 9.16. The topological polar surface area (TPSA) is 32.7 Å². The standard InChI is InChI=1S/C15H11FN2O/c1-18-13-5-3-2-4-12(13)14(15(18)19)17-11-8-6-10(16)7-9-11/h2-9H,1H3. The van der Waals surface area contributed by atoms with Crippen molar-refractivity contribution in [2.75, 3.05) is 11.9 Å². The second-order valence-corrected chi connectivity index (χ2v) is 4.32. The maximum absolute atomic E-state index is 12.9. The molecule has 0 bridgehead atoms. The molecule has 4 heteroatoms. The number of anilines is 1. The number of hydrogen-bond acceptors (Lipinski definition) is 2. The van der Waals surface area contributed by atoms with Gasteiger partial charge in [-0.25, -0.2) is 9.38 Å². The summed E-state index contributed by atoms with van der Waals surface area (Å²) in [6.07, 6.45) is 0. The fourth-order valence-electron chi connectivity index (χ4n) is 2.10. The van der Waals surface area contributed by atoms with E-state index in [2.05, 4.69) is 4.99 Å². The van der Waals surface area contributed by atoms with Crippen molar-refractivity contribution in [1.82, 2.24) is 0 Å². The van der Waals surface area contributed by atoms with Crippen LogP contribution in [-0.2, 0) is 4.79 Å². The van der Waals surface area contributed by atoms with Crippen molar-refractivity contribution in [3.8, 4) is 0 Å². The van der Waals surface area contributed by atoms with Crippen LogP contribution >= 0.6 is 0 Å². The average molecular weight is 254 g/mol. The Hall–Kier alpha value is -2.49. The molecule has 1 heterocycles. The van der Waals surface area contributed by atoms with Crippen molar-refractivity contribution in [3.05, 3.63) is 59.9 Å². The predicted molar refractivity (Wildman–Crippen MR) is 72.4 cm³/mol. The van der Waals surface area contributed by atoms with Crippen LogP contribution in [0.3, 0.4) is 0 Å². The van der Waals surface area contributed by atoms with Crippen LogP contribution in [0.5, 0.6) is 0 Å². The zero-order valence-electron chi connectivity index (χ0n) is 10.3. The van der Waals surface area contributed by atoms with E-state index >= 15 is 0 Å². The van der Waals surface area contributed by atoms with Crippen molar-refractivity contribution in [3.63, 3.8) is 0 Å². The lowest BCUT2D eigenvalue weighted by Gasteiger charge is -2.07. The highest BCUT2D eigenvalue weighted by Crippen LogP contribution is 2.29. The lowest BCUT2D eigenvalue weighted by atomic mass is 10.1. The van der Waals surface area contributed by atoms with Gasteiger partial charge in [-0.2, -0.15) is 0 Å². The van der Waals surface area contributed by atoms with Gasteiger partial charge in [0.15, 0.2) is 0 Å². The maximum atomic E-state index is 12.9. The summed E-state index contributed by atoms with van der Waals surface area (Å²) in [5, 5.41) is 0. The summed E-state index contributed by atoms with van der Waals surface area (Å²) in [7, 11) is 1.72. The first kappa shape index (κ1) is 11.6. The zero-order chi connectivity index (χ0) is 13.4. The quantitative estimate of drug-likeness (QED) is 0.770. The molecule has 0 unspecified atom stereocenters. The van der Waals surface area contributed by atoms with Crippen molar-refractivity contribution < 1.29 is 9.18 Å². The number of carbonyl (C=O) groups is 1. The summed E-state index contributed by atoms with van der Waals surface area (Å²) in [5.41, 5.74) is 2.60. The van der Waals surface area contributed by atoms with Crippen LogP contribution in [-0.4, -0.2) is 18.7 Å². The lowest BCUT2D eigenvalue weighted by molar-refractivity contribution is -0.111. The molecule has 0 saturated heterocycles. The van der Waals surface area contributed by atoms with Crippen molar-refractivity contribution in [1.29, 1.82) is 0 Å². The number of likely N-dealkylation sites (N-methyl/N-ethyl adjacent to an activating group) is 1. The van der Waals surface area contributed by atoms with Crippen molar-refractivity contribution in [2.24, 2.45) is 4.99 Å². The highest BCUT2D eigenvalue weighted by atomic mass is 19.1. The molecule has 0 saturated carbocycles. The summed E-state index contributed by atoms with van der Waals surface area (Å²) < 4.78 is 12.9. The van der Waals surface area contributed by atoms with Gasteiger partial charge < -0.3 is 4.90 Å². The number of aliphatic imine (C=N–C) groups is 1. The third-order valence-electron chi connectivity index (χ3n) is 3.10. The van der Waals surface area contributed by atoms with Crippen LogP contribution < -0.4 is 4.90 Å². The van der Waals surface area contributed by atoms with Gasteiger partial charge in [-0.05, 0) is 30.3 Å².